The fourth-order valence-corrected chi connectivity index (χ4v) is 2.31. The Hall–Kier alpha value is -1.10. The van der Waals surface area contributed by atoms with E-state index in [1.807, 2.05) is 13.8 Å². The van der Waals surface area contributed by atoms with E-state index in [-0.39, 0.29) is 24.5 Å². The highest BCUT2D eigenvalue weighted by Gasteiger charge is 2.21. The third-order valence-corrected chi connectivity index (χ3v) is 3.51. The summed E-state index contributed by atoms with van der Waals surface area (Å²) in [5.74, 6) is 0.142. The minimum Gasteiger partial charge on any atom is -0.468 e. The first-order valence-electron chi connectivity index (χ1n) is 7.52. The van der Waals surface area contributed by atoms with Crippen LogP contribution in [0, 0.1) is 5.92 Å². The summed E-state index contributed by atoms with van der Waals surface area (Å²) in [7, 11) is 1.34. The van der Waals surface area contributed by atoms with E-state index in [0.717, 1.165) is 25.7 Å². The van der Waals surface area contributed by atoms with Crippen molar-refractivity contribution in [3.63, 3.8) is 0 Å². The summed E-state index contributed by atoms with van der Waals surface area (Å²) in [6.07, 6.45) is 4.48. The van der Waals surface area contributed by atoms with Crippen LogP contribution in [0.15, 0.2) is 0 Å². The van der Waals surface area contributed by atoms with Gasteiger partial charge in [0.1, 0.15) is 6.54 Å². The van der Waals surface area contributed by atoms with Crippen LogP contribution in [-0.4, -0.2) is 43.0 Å². The highest BCUT2D eigenvalue weighted by atomic mass is 16.5. The van der Waals surface area contributed by atoms with Crippen LogP contribution in [0.1, 0.15) is 52.9 Å². The van der Waals surface area contributed by atoms with Crippen LogP contribution in [-0.2, 0) is 14.3 Å². The predicted octanol–water partition coefficient (Wildman–Crippen LogP) is 1.94. The molecule has 0 saturated heterocycles. The van der Waals surface area contributed by atoms with Gasteiger partial charge in [-0.1, -0.05) is 19.8 Å². The molecule has 0 rings (SSSR count). The highest BCUT2D eigenvalue weighted by Crippen LogP contribution is 2.18. The molecule has 0 aliphatic rings. The van der Waals surface area contributed by atoms with Crippen LogP contribution >= 0.6 is 0 Å². The number of hydrogen-bond acceptors (Lipinski definition) is 4. The zero-order chi connectivity index (χ0) is 15.5. The van der Waals surface area contributed by atoms with Gasteiger partial charge >= 0.3 is 5.97 Å². The second-order valence-corrected chi connectivity index (χ2v) is 5.46. The minimum absolute atomic E-state index is 0.000679. The minimum atomic E-state index is -0.376. The van der Waals surface area contributed by atoms with Gasteiger partial charge in [0.15, 0.2) is 0 Å². The van der Waals surface area contributed by atoms with E-state index in [4.69, 9.17) is 5.73 Å². The summed E-state index contributed by atoms with van der Waals surface area (Å²) in [4.78, 5) is 25.2. The van der Waals surface area contributed by atoms with Crippen LogP contribution < -0.4 is 5.73 Å². The van der Waals surface area contributed by atoms with Gasteiger partial charge in [-0.3, -0.25) is 9.59 Å². The third kappa shape index (κ3) is 7.48. The first-order chi connectivity index (χ1) is 9.46. The van der Waals surface area contributed by atoms with E-state index in [9.17, 15) is 9.59 Å². The van der Waals surface area contributed by atoms with Crippen LogP contribution in [0.3, 0.4) is 0 Å². The molecule has 0 saturated carbocycles. The molecular weight excluding hydrogens is 256 g/mol. The lowest BCUT2D eigenvalue weighted by atomic mass is 9.94. The molecule has 20 heavy (non-hydrogen) atoms. The van der Waals surface area contributed by atoms with Gasteiger partial charge in [0.2, 0.25) is 5.91 Å². The maximum Gasteiger partial charge on any atom is 0.325 e. The van der Waals surface area contributed by atoms with Crippen molar-refractivity contribution >= 4 is 11.9 Å². The summed E-state index contributed by atoms with van der Waals surface area (Å²) in [6.45, 7) is 6.65. The molecule has 0 radical (unpaired) electrons. The molecule has 1 amide bonds. The largest absolute Gasteiger partial charge is 0.468 e. The quantitative estimate of drug-likeness (QED) is 0.623. The van der Waals surface area contributed by atoms with Crippen molar-refractivity contribution < 1.29 is 14.3 Å². The molecule has 0 aromatic rings. The third-order valence-electron chi connectivity index (χ3n) is 3.51. The summed E-state index contributed by atoms with van der Waals surface area (Å²) < 4.78 is 4.63. The van der Waals surface area contributed by atoms with Crippen LogP contribution in [0.25, 0.3) is 0 Å². The number of hydrogen-bond donors (Lipinski definition) is 1. The predicted molar refractivity (Wildman–Crippen MR) is 80.2 cm³/mol. The normalized spacial score (nSPS) is 12.3. The molecule has 0 spiro atoms. The molecule has 0 aromatic carbocycles. The Kier molecular flexibility index (Phi) is 10.1. The number of ether oxygens (including phenoxy) is 1. The van der Waals surface area contributed by atoms with Crippen molar-refractivity contribution in [3.8, 4) is 0 Å². The smallest absolute Gasteiger partial charge is 0.325 e. The van der Waals surface area contributed by atoms with Gasteiger partial charge in [0, 0.05) is 12.5 Å². The zero-order valence-electron chi connectivity index (χ0n) is 13.4. The molecular formula is C15H30N2O3. The van der Waals surface area contributed by atoms with Gasteiger partial charge in [-0.2, -0.15) is 0 Å². The molecule has 0 aliphatic heterocycles. The van der Waals surface area contributed by atoms with E-state index in [1.54, 1.807) is 4.90 Å². The van der Waals surface area contributed by atoms with Crippen LogP contribution in [0.4, 0.5) is 0 Å². The van der Waals surface area contributed by atoms with Crippen LogP contribution in [0.2, 0.25) is 0 Å². The maximum absolute atomic E-state index is 12.2. The van der Waals surface area contributed by atoms with Gasteiger partial charge in [-0.25, -0.2) is 0 Å². The fourth-order valence-electron chi connectivity index (χ4n) is 2.31. The molecule has 2 N–H and O–H groups in total. The van der Waals surface area contributed by atoms with E-state index in [1.165, 1.54) is 7.11 Å². The molecule has 0 fully saturated rings. The second-order valence-electron chi connectivity index (χ2n) is 5.46. The lowest BCUT2D eigenvalue weighted by molar-refractivity contribution is -0.148. The Morgan fingerprint density at radius 2 is 1.85 bits per heavy atom. The van der Waals surface area contributed by atoms with Gasteiger partial charge in [0.05, 0.1) is 7.11 Å². The van der Waals surface area contributed by atoms with E-state index in [2.05, 4.69) is 11.7 Å². The van der Waals surface area contributed by atoms with Gasteiger partial charge in [0.25, 0.3) is 0 Å². The van der Waals surface area contributed by atoms with Crippen molar-refractivity contribution in [2.45, 2.75) is 58.9 Å². The first-order valence-corrected chi connectivity index (χ1v) is 7.52. The Balaban J connectivity index is 4.40. The molecule has 0 aliphatic carbocycles. The van der Waals surface area contributed by atoms with Gasteiger partial charge in [-0.15, -0.1) is 0 Å². The summed E-state index contributed by atoms with van der Waals surface area (Å²) in [5.41, 5.74) is 5.60. The summed E-state index contributed by atoms with van der Waals surface area (Å²) >= 11 is 0. The Morgan fingerprint density at radius 1 is 1.20 bits per heavy atom. The maximum atomic E-state index is 12.2. The summed E-state index contributed by atoms with van der Waals surface area (Å²) in [5, 5.41) is 0. The lowest BCUT2D eigenvalue weighted by Gasteiger charge is -2.26. The Bertz CT molecular complexity index is 287. The molecule has 5 nitrogen and oxygen atoms in total. The topological polar surface area (TPSA) is 72.6 Å². The highest BCUT2D eigenvalue weighted by molar-refractivity contribution is 5.82. The van der Waals surface area contributed by atoms with Crippen molar-refractivity contribution in [3.05, 3.63) is 0 Å². The number of carbonyl (C=O) groups excluding carboxylic acids is 2. The number of nitrogens with two attached hydrogens (primary N) is 1. The molecule has 0 heterocycles. The number of nitrogens with zero attached hydrogens (tertiary/aromatic N) is 1. The number of rotatable bonds is 10. The molecule has 0 aromatic heterocycles. The van der Waals surface area contributed by atoms with Crippen molar-refractivity contribution in [2.75, 3.05) is 20.2 Å². The molecule has 5 heteroatoms. The number of methoxy groups -OCH3 is 1. The Morgan fingerprint density at radius 3 is 2.30 bits per heavy atom. The number of carbonyl (C=O) groups is 2. The fraction of sp³-hybridized carbons (Fsp3) is 0.867. The molecule has 1 unspecified atom stereocenters. The van der Waals surface area contributed by atoms with Gasteiger partial charge in [-0.05, 0) is 39.2 Å². The van der Waals surface area contributed by atoms with Crippen molar-refractivity contribution in [1.82, 2.24) is 4.90 Å². The van der Waals surface area contributed by atoms with Crippen molar-refractivity contribution in [1.29, 1.82) is 0 Å². The second kappa shape index (κ2) is 10.7. The van der Waals surface area contributed by atoms with Crippen molar-refractivity contribution in [2.24, 2.45) is 11.7 Å². The SMILES string of the molecule is CCCC(CCN)CCC(=O)N(CC(=O)OC)C(C)C. The first kappa shape index (κ1) is 18.9. The number of amides is 1. The summed E-state index contributed by atoms with van der Waals surface area (Å²) in [6, 6.07) is 0.000679. The van der Waals surface area contributed by atoms with E-state index >= 15 is 0 Å². The Labute approximate surface area is 122 Å². The molecule has 0 bridgehead atoms. The van der Waals surface area contributed by atoms with E-state index < -0.39 is 0 Å². The van der Waals surface area contributed by atoms with E-state index in [0.29, 0.717) is 18.9 Å². The lowest BCUT2D eigenvalue weighted by Crippen LogP contribution is -2.41. The van der Waals surface area contributed by atoms with Gasteiger partial charge < -0.3 is 15.4 Å². The number of esters is 1. The standard InChI is InChI=1S/C15H30N2O3/c1-5-6-13(9-10-16)7-8-14(18)17(12(2)3)11-15(19)20-4/h12-13H,5-11,16H2,1-4H3. The molecule has 1 atom stereocenters. The molecule has 118 valence electrons. The average Bonchev–Trinajstić information content (AvgIpc) is 2.41. The monoisotopic (exact) mass is 286 g/mol. The average molecular weight is 286 g/mol. The van der Waals surface area contributed by atoms with Crippen LogP contribution in [0.5, 0.6) is 0 Å². The zero-order valence-corrected chi connectivity index (χ0v) is 13.4.